The molecule has 0 unspecified atom stereocenters. The van der Waals surface area contributed by atoms with Crippen molar-refractivity contribution in [3.63, 3.8) is 0 Å². The lowest BCUT2D eigenvalue weighted by molar-refractivity contribution is 1.40. The van der Waals surface area contributed by atoms with Gasteiger partial charge in [0.05, 0.1) is 23.7 Å². The third-order valence-electron chi connectivity index (χ3n) is 1.58. The van der Waals surface area contributed by atoms with Crippen LogP contribution in [-0.2, 0) is 0 Å². The van der Waals surface area contributed by atoms with Crippen LogP contribution in [0.2, 0.25) is 5.02 Å². The highest BCUT2D eigenvalue weighted by Crippen LogP contribution is 2.31. The zero-order valence-corrected chi connectivity index (χ0v) is 9.94. The maximum Gasteiger partial charge on any atom is 0.102 e. The molecule has 13 heavy (non-hydrogen) atoms. The molecule has 64 valence electrons. The summed E-state index contributed by atoms with van der Waals surface area (Å²) in [6.45, 7) is 0. The smallest absolute Gasteiger partial charge is 0.102 e. The van der Waals surface area contributed by atoms with Crippen molar-refractivity contribution >= 4 is 55.7 Å². The highest BCUT2D eigenvalue weighted by Gasteiger charge is 2.09. The van der Waals surface area contributed by atoms with Gasteiger partial charge in [0.15, 0.2) is 0 Å². The third kappa shape index (κ3) is 1.52. The van der Waals surface area contributed by atoms with E-state index in [-0.39, 0.29) is 0 Å². The molecule has 2 rings (SSSR count). The van der Waals surface area contributed by atoms with Crippen LogP contribution in [0.3, 0.4) is 0 Å². The fourth-order valence-corrected chi connectivity index (χ4v) is 3.07. The van der Waals surface area contributed by atoms with Gasteiger partial charge in [-0.1, -0.05) is 11.6 Å². The van der Waals surface area contributed by atoms with Crippen molar-refractivity contribution < 1.29 is 0 Å². The first-order valence-electron chi connectivity index (χ1n) is 3.36. The van der Waals surface area contributed by atoms with E-state index in [2.05, 4.69) is 33.6 Å². The van der Waals surface area contributed by atoms with Gasteiger partial charge in [0.1, 0.15) is 6.07 Å². The number of hydrogen-bond acceptors (Lipinski definition) is 3. The summed E-state index contributed by atoms with van der Waals surface area (Å²) < 4.78 is 1.98. The minimum atomic E-state index is 0.424. The highest BCUT2D eigenvalue weighted by atomic mass is 127. The average Bonchev–Trinajstić information content (AvgIpc) is 2.45. The lowest BCUT2D eigenvalue weighted by Gasteiger charge is -1.93. The van der Waals surface area contributed by atoms with Crippen LogP contribution < -0.4 is 0 Å². The second-order valence-electron chi connectivity index (χ2n) is 2.36. The van der Waals surface area contributed by atoms with E-state index in [1.165, 1.54) is 17.5 Å². The Kier molecular flexibility index (Phi) is 2.41. The van der Waals surface area contributed by atoms with E-state index in [4.69, 9.17) is 16.9 Å². The first-order valence-corrected chi connectivity index (χ1v) is 5.63. The fraction of sp³-hybridized carbons (Fsp3) is 0. The Balaban J connectivity index is 2.93. The molecule has 0 amide bonds. The second kappa shape index (κ2) is 3.40. The lowest BCUT2D eigenvalue weighted by Crippen LogP contribution is -1.79. The lowest BCUT2D eigenvalue weighted by atomic mass is 10.2. The van der Waals surface area contributed by atoms with E-state index in [1.807, 2.05) is 6.07 Å². The van der Waals surface area contributed by atoms with Gasteiger partial charge in [0.2, 0.25) is 0 Å². The summed E-state index contributed by atoms with van der Waals surface area (Å²) in [5.74, 6) is 0. The van der Waals surface area contributed by atoms with Gasteiger partial charge in [0.25, 0.3) is 0 Å². The molecule has 0 bridgehead atoms. The molecule has 2 heterocycles. The molecule has 2 nitrogen and oxygen atoms in total. The van der Waals surface area contributed by atoms with Gasteiger partial charge in [-0.2, -0.15) is 5.26 Å². The van der Waals surface area contributed by atoms with Crippen LogP contribution in [0.25, 0.3) is 10.2 Å². The maximum absolute atomic E-state index is 8.87. The number of nitriles is 1. The normalized spacial score (nSPS) is 10.2. The number of aromatic nitrogens is 1. The Morgan fingerprint density at radius 3 is 3.08 bits per heavy atom. The van der Waals surface area contributed by atoms with Gasteiger partial charge in [-0.25, -0.2) is 0 Å². The van der Waals surface area contributed by atoms with Crippen molar-refractivity contribution in [3.05, 3.63) is 25.7 Å². The molecule has 2 aromatic rings. The monoisotopic (exact) mass is 320 g/mol. The number of hydrogen-bond donors (Lipinski definition) is 0. The predicted octanol–water partition coefficient (Wildman–Crippen LogP) is 3.43. The van der Waals surface area contributed by atoms with Crippen LogP contribution >= 0.6 is 45.5 Å². The van der Waals surface area contributed by atoms with Gasteiger partial charge < -0.3 is 0 Å². The molecule has 5 heteroatoms. The molecule has 0 N–H and O–H groups in total. The largest absolute Gasteiger partial charge is 0.254 e. The van der Waals surface area contributed by atoms with E-state index in [0.29, 0.717) is 10.6 Å². The summed E-state index contributed by atoms with van der Waals surface area (Å²) in [4.78, 5) is 4.13. The Labute approximate surface area is 97.3 Å². The molecule has 0 aromatic carbocycles. The average molecular weight is 321 g/mol. The summed E-state index contributed by atoms with van der Waals surface area (Å²) in [5, 5.41) is 9.29. The quantitative estimate of drug-likeness (QED) is 0.697. The molecular weight excluding hydrogens is 319 g/mol. The zero-order chi connectivity index (χ0) is 9.42. The predicted molar refractivity (Wildman–Crippen MR) is 62.1 cm³/mol. The number of fused-ring (bicyclic) bond motifs is 1. The number of thiophene rings is 1. The Bertz CT molecular complexity index is 515. The van der Waals surface area contributed by atoms with E-state index >= 15 is 0 Å². The zero-order valence-electron chi connectivity index (χ0n) is 6.21. The number of nitrogens with zero attached hydrogens (tertiary/aromatic N) is 2. The third-order valence-corrected chi connectivity index (χ3v) is 3.77. The fourth-order valence-electron chi connectivity index (χ4n) is 1.03. The van der Waals surface area contributed by atoms with Crippen LogP contribution in [0.1, 0.15) is 5.56 Å². The van der Waals surface area contributed by atoms with Gasteiger partial charge in [-0.15, -0.1) is 11.3 Å². The van der Waals surface area contributed by atoms with Gasteiger partial charge in [-0.3, -0.25) is 4.98 Å². The molecule has 0 spiro atoms. The van der Waals surface area contributed by atoms with Crippen LogP contribution in [-0.4, -0.2) is 4.98 Å². The van der Waals surface area contributed by atoms with Gasteiger partial charge >= 0.3 is 0 Å². The standard InChI is InChI=1S/C8H2ClIN2S/c9-5-3-12-6-1-7(10)13-8(6)4(5)2-11/h1,3H. The number of halogens is 2. The van der Waals surface area contributed by atoms with Crippen molar-refractivity contribution in [2.24, 2.45) is 0 Å². The summed E-state index contributed by atoms with van der Waals surface area (Å²) in [7, 11) is 0. The number of pyridine rings is 1. The van der Waals surface area contributed by atoms with Crippen LogP contribution in [0.4, 0.5) is 0 Å². The highest BCUT2D eigenvalue weighted by molar-refractivity contribution is 14.1. The molecule has 0 radical (unpaired) electrons. The van der Waals surface area contributed by atoms with Crippen LogP contribution in [0, 0.1) is 14.2 Å². The molecule has 0 saturated carbocycles. The molecule has 2 aromatic heterocycles. The molecule has 0 saturated heterocycles. The van der Waals surface area contributed by atoms with Crippen molar-refractivity contribution in [2.75, 3.05) is 0 Å². The Morgan fingerprint density at radius 1 is 1.62 bits per heavy atom. The van der Waals surface area contributed by atoms with E-state index in [1.54, 1.807) is 0 Å². The molecule has 0 atom stereocenters. The second-order valence-corrected chi connectivity index (χ2v) is 5.71. The summed E-state index contributed by atoms with van der Waals surface area (Å²) in [5.41, 5.74) is 1.37. The minimum absolute atomic E-state index is 0.424. The van der Waals surface area contributed by atoms with Crippen LogP contribution in [0.5, 0.6) is 0 Å². The molecular formula is C8H2ClIN2S. The van der Waals surface area contributed by atoms with Crippen molar-refractivity contribution in [2.45, 2.75) is 0 Å². The maximum atomic E-state index is 8.87. The SMILES string of the molecule is N#Cc1c(Cl)cnc2cc(I)sc12. The Hall–Kier alpha value is -0.380. The summed E-state index contributed by atoms with van der Waals surface area (Å²) in [6.07, 6.45) is 1.52. The van der Waals surface area contributed by atoms with E-state index < -0.39 is 0 Å². The summed E-state index contributed by atoms with van der Waals surface area (Å²) >= 11 is 9.57. The molecule has 0 fully saturated rings. The Morgan fingerprint density at radius 2 is 2.38 bits per heavy atom. The molecule has 0 aliphatic heterocycles. The van der Waals surface area contributed by atoms with E-state index in [9.17, 15) is 0 Å². The van der Waals surface area contributed by atoms with E-state index in [0.717, 1.165) is 13.1 Å². The van der Waals surface area contributed by atoms with Gasteiger partial charge in [-0.05, 0) is 28.7 Å². The topological polar surface area (TPSA) is 36.7 Å². The molecule has 0 aliphatic rings. The molecule has 0 aliphatic carbocycles. The van der Waals surface area contributed by atoms with Gasteiger partial charge in [0, 0.05) is 6.20 Å². The number of rotatable bonds is 0. The minimum Gasteiger partial charge on any atom is -0.254 e. The van der Waals surface area contributed by atoms with Crippen molar-refractivity contribution in [1.82, 2.24) is 4.98 Å². The first-order chi connectivity index (χ1) is 6.22. The first kappa shape index (κ1) is 9.19. The summed E-state index contributed by atoms with van der Waals surface area (Å²) in [6, 6.07) is 4.03. The van der Waals surface area contributed by atoms with Crippen molar-refractivity contribution in [1.29, 1.82) is 5.26 Å². The van der Waals surface area contributed by atoms with Crippen LogP contribution in [0.15, 0.2) is 12.3 Å². The van der Waals surface area contributed by atoms with Crippen molar-refractivity contribution in [3.8, 4) is 6.07 Å².